The zero-order valence-electron chi connectivity index (χ0n) is 19.2. The van der Waals surface area contributed by atoms with Crippen molar-refractivity contribution in [1.82, 2.24) is 15.2 Å². The van der Waals surface area contributed by atoms with Crippen LogP contribution in [0, 0.1) is 0 Å². The molecule has 4 rings (SSSR count). The van der Waals surface area contributed by atoms with E-state index in [4.69, 9.17) is 26.2 Å². The zero-order valence-corrected chi connectivity index (χ0v) is 20.0. The molecule has 0 bridgehead atoms. The fourth-order valence-electron chi connectivity index (χ4n) is 3.26. The molecule has 3 aromatic carbocycles. The van der Waals surface area contributed by atoms with Crippen molar-refractivity contribution in [3.8, 4) is 28.4 Å². The van der Waals surface area contributed by atoms with Crippen molar-refractivity contribution < 1.29 is 14.3 Å². The molecule has 0 saturated carbocycles. The number of amides is 1. The number of nitrogens with one attached hydrogen (secondary N) is 1. The van der Waals surface area contributed by atoms with Crippen molar-refractivity contribution in [2.24, 2.45) is 5.10 Å². The van der Waals surface area contributed by atoms with Gasteiger partial charge in [-0.15, -0.1) is 0 Å². The maximum Gasteiger partial charge on any atom is 0.277 e. The third-order valence-corrected chi connectivity index (χ3v) is 5.16. The second-order valence-corrected chi connectivity index (χ2v) is 8.06. The molecule has 7 nitrogen and oxygen atoms in total. The average Bonchev–Trinajstić information content (AvgIpc) is 3.31. The number of hydrogen-bond acceptors (Lipinski definition) is 5. The van der Waals surface area contributed by atoms with Gasteiger partial charge in [0.05, 0.1) is 18.5 Å². The summed E-state index contributed by atoms with van der Waals surface area (Å²) in [6.07, 6.45) is 4.38. The largest absolute Gasteiger partial charge is 0.494 e. The van der Waals surface area contributed by atoms with Gasteiger partial charge >= 0.3 is 0 Å². The molecule has 0 unspecified atom stereocenters. The first-order valence-electron chi connectivity index (χ1n) is 11.2. The van der Waals surface area contributed by atoms with Gasteiger partial charge < -0.3 is 9.47 Å². The van der Waals surface area contributed by atoms with E-state index in [2.05, 4.69) is 17.5 Å². The van der Waals surface area contributed by atoms with Crippen LogP contribution in [0.25, 0.3) is 16.9 Å². The lowest BCUT2D eigenvalue weighted by Crippen LogP contribution is -2.24. The number of halogens is 1. The Bertz CT molecular complexity index is 1290. The Kier molecular flexibility index (Phi) is 8.14. The Morgan fingerprint density at radius 3 is 2.57 bits per heavy atom. The Balaban J connectivity index is 1.49. The summed E-state index contributed by atoms with van der Waals surface area (Å²) in [6, 6.07) is 24.4. The summed E-state index contributed by atoms with van der Waals surface area (Å²) in [5.74, 6) is 0.922. The molecular weight excluding hydrogens is 464 g/mol. The third-order valence-electron chi connectivity index (χ3n) is 4.92. The monoisotopic (exact) mass is 488 g/mol. The molecule has 0 aliphatic heterocycles. The van der Waals surface area contributed by atoms with Gasteiger partial charge in [-0.05, 0) is 61.0 Å². The van der Waals surface area contributed by atoms with E-state index in [1.54, 1.807) is 35.2 Å². The molecule has 0 atom stereocenters. The van der Waals surface area contributed by atoms with Crippen LogP contribution in [0.3, 0.4) is 0 Å². The predicted molar refractivity (Wildman–Crippen MR) is 137 cm³/mol. The number of rotatable bonds is 10. The highest BCUT2D eigenvalue weighted by molar-refractivity contribution is 6.30. The molecule has 8 heteroatoms. The second-order valence-electron chi connectivity index (χ2n) is 7.63. The van der Waals surface area contributed by atoms with Gasteiger partial charge in [0, 0.05) is 22.3 Å². The van der Waals surface area contributed by atoms with Crippen LogP contribution in [-0.4, -0.2) is 35.1 Å². The van der Waals surface area contributed by atoms with Crippen molar-refractivity contribution in [2.45, 2.75) is 13.3 Å². The minimum absolute atomic E-state index is 0.187. The molecule has 35 heavy (non-hydrogen) atoms. The molecule has 0 fully saturated rings. The number of ether oxygens (including phenoxy) is 2. The standard InChI is InChI=1S/C27H25ClN4O3/c1-2-15-34-24-13-11-20(12-14-24)27-21(18-32(31-27)23-8-4-3-5-9-23)17-29-30-26(33)19-35-25-10-6-7-22(28)16-25/h3-14,16-18H,2,15,19H2,1H3,(H,30,33)/b29-17+. The van der Waals surface area contributed by atoms with Crippen LogP contribution in [-0.2, 0) is 4.79 Å². The van der Waals surface area contributed by atoms with E-state index >= 15 is 0 Å². The average molecular weight is 489 g/mol. The van der Waals surface area contributed by atoms with Crippen LogP contribution >= 0.6 is 11.6 Å². The Morgan fingerprint density at radius 1 is 1.03 bits per heavy atom. The number of hydrazone groups is 1. The second kappa shape index (κ2) is 11.9. The van der Waals surface area contributed by atoms with Crippen LogP contribution in [0.4, 0.5) is 0 Å². The number of para-hydroxylation sites is 1. The van der Waals surface area contributed by atoms with Gasteiger partial charge in [-0.1, -0.05) is 42.8 Å². The van der Waals surface area contributed by atoms with Crippen LogP contribution < -0.4 is 14.9 Å². The molecule has 0 saturated heterocycles. The number of benzene rings is 3. The Labute approximate surface area is 209 Å². The first kappa shape index (κ1) is 24.0. The first-order valence-corrected chi connectivity index (χ1v) is 11.6. The lowest BCUT2D eigenvalue weighted by atomic mass is 10.1. The summed E-state index contributed by atoms with van der Waals surface area (Å²) in [6.45, 7) is 2.55. The van der Waals surface area contributed by atoms with Crippen LogP contribution in [0.5, 0.6) is 11.5 Å². The molecule has 1 amide bonds. The van der Waals surface area contributed by atoms with Gasteiger partial charge in [-0.25, -0.2) is 10.1 Å². The normalized spacial score (nSPS) is 10.9. The summed E-state index contributed by atoms with van der Waals surface area (Å²) >= 11 is 5.94. The minimum atomic E-state index is -0.393. The molecule has 0 aliphatic carbocycles. The van der Waals surface area contributed by atoms with Crippen LogP contribution in [0.1, 0.15) is 18.9 Å². The molecule has 4 aromatic rings. The fraction of sp³-hybridized carbons (Fsp3) is 0.148. The highest BCUT2D eigenvalue weighted by atomic mass is 35.5. The summed E-state index contributed by atoms with van der Waals surface area (Å²) < 4.78 is 12.9. The maximum atomic E-state index is 12.2. The van der Waals surface area contributed by atoms with Gasteiger partial charge in [0.2, 0.25) is 0 Å². The number of hydrogen-bond donors (Lipinski definition) is 1. The van der Waals surface area contributed by atoms with E-state index in [9.17, 15) is 4.79 Å². The van der Waals surface area contributed by atoms with Crippen molar-refractivity contribution in [2.75, 3.05) is 13.2 Å². The van der Waals surface area contributed by atoms with Crippen LogP contribution in [0.2, 0.25) is 5.02 Å². The van der Waals surface area contributed by atoms with Crippen molar-refractivity contribution in [3.63, 3.8) is 0 Å². The van der Waals surface area contributed by atoms with Crippen molar-refractivity contribution >= 4 is 23.7 Å². The lowest BCUT2D eigenvalue weighted by molar-refractivity contribution is -0.123. The third kappa shape index (κ3) is 6.71. The van der Waals surface area contributed by atoms with Gasteiger partial charge in [-0.2, -0.15) is 10.2 Å². The smallest absolute Gasteiger partial charge is 0.277 e. The van der Waals surface area contributed by atoms with Crippen molar-refractivity contribution in [3.05, 3.63) is 95.6 Å². The van der Waals surface area contributed by atoms with E-state index in [0.717, 1.165) is 34.7 Å². The number of carbonyl (C=O) groups excluding carboxylic acids is 1. The molecule has 1 aromatic heterocycles. The zero-order chi connectivity index (χ0) is 24.5. The molecule has 0 radical (unpaired) electrons. The molecule has 1 N–H and O–H groups in total. The summed E-state index contributed by atoms with van der Waals surface area (Å²) in [4.78, 5) is 12.2. The van der Waals surface area contributed by atoms with E-state index in [1.807, 2.05) is 60.8 Å². The molecule has 0 aliphatic rings. The molecular formula is C27H25ClN4O3. The van der Waals surface area contributed by atoms with Crippen molar-refractivity contribution in [1.29, 1.82) is 0 Å². The van der Waals surface area contributed by atoms with Gasteiger partial charge in [-0.3, -0.25) is 4.79 Å². The highest BCUT2D eigenvalue weighted by Crippen LogP contribution is 2.25. The maximum absolute atomic E-state index is 12.2. The van der Waals surface area contributed by atoms with Gasteiger partial charge in [0.1, 0.15) is 17.2 Å². The van der Waals surface area contributed by atoms with E-state index < -0.39 is 5.91 Å². The number of carbonyl (C=O) groups is 1. The lowest BCUT2D eigenvalue weighted by Gasteiger charge is -2.06. The highest BCUT2D eigenvalue weighted by Gasteiger charge is 2.12. The van der Waals surface area contributed by atoms with Crippen LogP contribution in [0.15, 0.2) is 90.2 Å². The quantitative estimate of drug-likeness (QED) is 0.236. The summed E-state index contributed by atoms with van der Waals surface area (Å²) in [5.41, 5.74) is 5.78. The Hall–Kier alpha value is -4.10. The van der Waals surface area contributed by atoms with E-state index in [-0.39, 0.29) is 6.61 Å². The molecule has 1 heterocycles. The van der Waals surface area contributed by atoms with Gasteiger partial charge in [0.15, 0.2) is 6.61 Å². The predicted octanol–water partition coefficient (Wildman–Crippen LogP) is 5.51. The number of aromatic nitrogens is 2. The van der Waals surface area contributed by atoms with Gasteiger partial charge in [0.25, 0.3) is 5.91 Å². The first-order chi connectivity index (χ1) is 17.1. The molecule has 0 spiro atoms. The Morgan fingerprint density at radius 2 is 1.83 bits per heavy atom. The van der Waals surface area contributed by atoms with E-state index in [1.165, 1.54) is 0 Å². The van der Waals surface area contributed by atoms with E-state index in [0.29, 0.717) is 17.4 Å². The molecule has 178 valence electrons. The number of nitrogens with zero attached hydrogens (tertiary/aromatic N) is 3. The summed E-state index contributed by atoms with van der Waals surface area (Å²) in [7, 11) is 0. The fourth-order valence-corrected chi connectivity index (χ4v) is 3.44. The topological polar surface area (TPSA) is 77.7 Å². The minimum Gasteiger partial charge on any atom is -0.494 e. The summed E-state index contributed by atoms with van der Waals surface area (Å²) in [5, 5.41) is 9.41. The SMILES string of the molecule is CCCOc1ccc(-c2nn(-c3ccccc3)cc2/C=N/NC(=O)COc2cccc(Cl)c2)cc1.